The van der Waals surface area contributed by atoms with Crippen molar-refractivity contribution in [3.05, 3.63) is 89.6 Å². The Labute approximate surface area is 132 Å². The van der Waals surface area contributed by atoms with E-state index in [1.165, 1.54) is 16.3 Å². The fourth-order valence-electron chi connectivity index (χ4n) is 2.19. The molecule has 0 spiro atoms. The summed E-state index contributed by atoms with van der Waals surface area (Å²) in [4.78, 5) is 10.3. The van der Waals surface area contributed by atoms with Crippen LogP contribution in [0.3, 0.4) is 0 Å². The van der Waals surface area contributed by atoms with Crippen molar-refractivity contribution in [2.45, 2.75) is 13.8 Å². The van der Waals surface area contributed by atoms with Crippen LogP contribution in [0.25, 0.3) is 16.8 Å². The van der Waals surface area contributed by atoms with Gasteiger partial charge in [0.05, 0.1) is 0 Å². The molecule has 0 aliphatic heterocycles. The molecule has 2 aromatic carbocycles. The van der Waals surface area contributed by atoms with E-state index in [1.54, 1.807) is 6.08 Å². The Hall–Kier alpha value is -2.67. The third-order valence-electron chi connectivity index (χ3n) is 3.40. The Bertz CT molecular complexity index is 768. The zero-order valence-corrected chi connectivity index (χ0v) is 13.0. The first-order chi connectivity index (χ1) is 10.7. The Morgan fingerprint density at radius 3 is 2.41 bits per heavy atom. The molecule has 22 heavy (non-hydrogen) atoms. The number of benzene rings is 2. The Balaban J connectivity index is 2.16. The lowest BCUT2D eigenvalue weighted by molar-refractivity contribution is -0.104. The van der Waals surface area contributed by atoms with Gasteiger partial charge in [-0.05, 0) is 41.8 Å². The van der Waals surface area contributed by atoms with Crippen LogP contribution in [0.1, 0.15) is 19.4 Å². The van der Waals surface area contributed by atoms with Crippen molar-refractivity contribution in [1.82, 2.24) is 0 Å². The molecular formula is C21H20O. The number of aldehydes is 1. The average Bonchev–Trinajstić information content (AvgIpc) is 2.53. The maximum atomic E-state index is 10.3. The molecule has 0 aromatic heterocycles. The smallest absolute Gasteiger partial charge is 0.143 e. The van der Waals surface area contributed by atoms with Crippen LogP contribution >= 0.6 is 0 Å². The molecule has 110 valence electrons. The number of carbonyl (C=O) groups is 1. The molecule has 0 amide bonds. The van der Waals surface area contributed by atoms with Crippen molar-refractivity contribution in [3.63, 3.8) is 0 Å². The highest BCUT2D eigenvalue weighted by Gasteiger charge is 1.95. The lowest BCUT2D eigenvalue weighted by atomic mass is 10.0. The van der Waals surface area contributed by atoms with Gasteiger partial charge in [-0.1, -0.05) is 78.4 Å². The highest BCUT2D eigenvalue weighted by Crippen LogP contribution is 2.20. The SMILES string of the molecule is CC(/C=C/C=C(C)/C=C/c1cccc2ccccc12)=C\C=O. The number of allylic oxidation sites excluding steroid dienone is 7. The number of hydrogen-bond acceptors (Lipinski definition) is 1. The molecule has 0 fully saturated rings. The van der Waals surface area contributed by atoms with Crippen molar-refractivity contribution < 1.29 is 4.79 Å². The highest BCUT2D eigenvalue weighted by atomic mass is 16.1. The predicted octanol–water partition coefficient (Wildman–Crippen LogP) is 5.50. The third kappa shape index (κ3) is 4.42. The quantitative estimate of drug-likeness (QED) is 0.403. The van der Waals surface area contributed by atoms with Gasteiger partial charge in [0.25, 0.3) is 0 Å². The molecule has 0 unspecified atom stereocenters. The summed E-state index contributed by atoms with van der Waals surface area (Å²) < 4.78 is 0. The highest BCUT2D eigenvalue weighted by molar-refractivity contribution is 5.90. The summed E-state index contributed by atoms with van der Waals surface area (Å²) in [5.41, 5.74) is 3.31. The fourth-order valence-corrected chi connectivity index (χ4v) is 2.19. The molecule has 0 heterocycles. The van der Waals surface area contributed by atoms with E-state index < -0.39 is 0 Å². The van der Waals surface area contributed by atoms with E-state index in [2.05, 4.69) is 61.5 Å². The minimum Gasteiger partial charge on any atom is -0.299 e. The number of hydrogen-bond donors (Lipinski definition) is 0. The number of rotatable bonds is 5. The van der Waals surface area contributed by atoms with Crippen LogP contribution < -0.4 is 0 Å². The van der Waals surface area contributed by atoms with Gasteiger partial charge in [0, 0.05) is 0 Å². The maximum absolute atomic E-state index is 10.3. The number of carbonyl (C=O) groups excluding carboxylic acids is 1. The lowest BCUT2D eigenvalue weighted by Gasteiger charge is -2.01. The fraction of sp³-hybridized carbons (Fsp3) is 0.0952. The first-order valence-electron chi connectivity index (χ1n) is 7.33. The van der Waals surface area contributed by atoms with E-state index in [1.807, 2.05) is 25.2 Å². The van der Waals surface area contributed by atoms with Gasteiger partial charge in [0.2, 0.25) is 0 Å². The second-order valence-electron chi connectivity index (χ2n) is 5.22. The van der Waals surface area contributed by atoms with Gasteiger partial charge in [0.15, 0.2) is 0 Å². The van der Waals surface area contributed by atoms with E-state index >= 15 is 0 Å². The monoisotopic (exact) mass is 288 g/mol. The minimum atomic E-state index is 0.802. The van der Waals surface area contributed by atoms with Crippen LogP contribution in [-0.2, 0) is 4.79 Å². The lowest BCUT2D eigenvalue weighted by Crippen LogP contribution is -1.77. The van der Waals surface area contributed by atoms with Crippen LogP contribution in [0.4, 0.5) is 0 Å². The van der Waals surface area contributed by atoms with Crippen molar-refractivity contribution in [2.75, 3.05) is 0 Å². The van der Waals surface area contributed by atoms with Gasteiger partial charge in [-0.2, -0.15) is 0 Å². The van der Waals surface area contributed by atoms with Crippen molar-refractivity contribution in [3.8, 4) is 0 Å². The average molecular weight is 288 g/mol. The third-order valence-corrected chi connectivity index (χ3v) is 3.40. The van der Waals surface area contributed by atoms with Gasteiger partial charge < -0.3 is 0 Å². The van der Waals surface area contributed by atoms with E-state index in [0.717, 1.165) is 17.4 Å². The number of fused-ring (bicyclic) bond motifs is 1. The van der Waals surface area contributed by atoms with Crippen LogP contribution in [-0.4, -0.2) is 6.29 Å². The molecule has 0 N–H and O–H groups in total. The second-order valence-corrected chi connectivity index (χ2v) is 5.22. The molecule has 2 aromatic rings. The molecule has 0 aliphatic rings. The molecule has 0 bridgehead atoms. The molecule has 0 aliphatic carbocycles. The standard InChI is InChI=1S/C21H20O/c1-17(7-5-8-18(2)15-16-22)13-14-20-11-6-10-19-9-3-4-12-21(19)20/h3-16H,1-2H3/b8-5+,14-13+,17-7+,18-15+. The Morgan fingerprint density at radius 2 is 1.59 bits per heavy atom. The van der Waals surface area contributed by atoms with E-state index in [-0.39, 0.29) is 0 Å². The van der Waals surface area contributed by atoms with Gasteiger partial charge in [-0.25, -0.2) is 0 Å². The molecule has 0 atom stereocenters. The zero-order chi connectivity index (χ0) is 15.8. The van der Waals surface area contributed by atoms with Crippen LogP contribution in [0, 0.1) is 0 Å². The molecule has 1 nitrogen and oxygen atoms in total. The normalized spacial score (nSPS) is 13.4. The Morgan fingerprint density at radius 1 is 0.864 bits per heavy atom. The van der Waals surface area contributed by atoms with E-state index in [9.17, 15) is 4.79 Å². The van der Waals surface area contributed by atoms with Gasteiger partial charge in [-0.15, -0.1) is 0 Å². The van der Waals surface area contributed by atoms with Gasteiger partial charge >= 0.3 is 0 Å². The van der Waals surface area contributed by atoms with E-state index in [0.29, 0.717) is 0 Å². The second kappa shape index (κ2) is 7.94. The first kappa shape index (κ1) is 15.7. The van der Waals surface area contributed by atoms with Gasteiger partial charge in [-0.3, -0.25) is 4.79 Å². The molecule has 0 radical (unpaired) electrons. The first-order valence-corrected chi connectivity index (χ1v) is 7.33. The van der Waals surface area contributed by atoms with Crippen molar-refractivity contribution in [1.29, 1.82) is 0 Å². The molecule has 0 saturated heterocycles. The topological polar surface area (TPSA) is 17.1 Å². The predicted molar refractivity (Wildman–Crippen MR) is 95.7 cm³/mol. The van der Waals surface area contributed by atoms with Gasteiger partial charge in [0.1, 0.15) is 6.29 Å². The molecular weight excluding hydrogens is 268 g/mol. The summed E-state index contributed by atoms with van der Waals surface area (Å²) >= 11 is 0. The Kier molecular flexibility index (Phi) is 5.67. The molecule has 0 saturated carbocycles. The molecule has 2 rings (SSSR count). The summed E-state index contributed by atoms with van der Waals surface area (Å²) in [5, 5.41) is 2.51. The summed E-state index contributed by atoms with van der Waals surface area (Å²) in [6, 6.07) is 14.7. The zero-order valence-electron chi connectivity index (χ0n) is 13.0. The van der Waals surface area contributed by atoms with Crippen LogP contribution in [0.15, 0.2) is 84.0 Å². The van der Waals surface area contributed by atoms with Crippen LogP contribution in [0.2, 0.25) is 0 Å². The van der Waals surface area contributed by atoms with Crippen LogP contribution in [0.5, 0.6) is 0 Å². The van der Waals surface area contributed by atoms with Crippen molar-refractivity contribution in [2.24, 2.45) is 0 Å². The van der Waals surface area contributed by atoms with E-state index in [4.69, 9.17) is 0 Å². The summed E-state index contributed by atoms with van der Waals surface area (Å²) in [6.07, 6.45) is 12.5. The minimum absolute atomic E-state index is 0.802. The summed E-state index contributed by atoms with van der Waals surface area (Å²) in [6.45, 7) is 3.96. The summed E-state index contributed by atoms with van der Waals surface area (Å²) in [7, 11) is 0. The summed E-state index contributed by atoms with van der Waals surface area (Å²) in [5.74, 6) is 0. The van der Waals surface area contributed by atoms with Crippen molar-refractivity contribution >= 4 is 23.1 Å². The largest absolute Gasteiger partial charge is 0.299 e. The molecule has 1 heteroatoms. The maximum Gasteiger partial charge on any atom is 0.143 e.